The number of anilines is 1. The van der Waals surface area contributed by atoms with Gasteiger partial charge < -0.3 is 14.7 Å². The zero-order valence-electron chi connectivity index (χ0n) is 19.3. The normalized spacial score (nSPS) is 11.5. The minimum Gasteiger partial charge on any atom is -0.480 e. The van der Waals surface area contributed by atoms with Crippen molar-refractivity contribution >= 4 is 21.6 Å². The van der Waals surface area contributed by atoms with Crippen molar-refractivity contribution in [2.45, 2.75) is 19.9 Å². The second-order valence-corrected chi connectivity index (χ2v) is 10.3. The summed E-state index contributed by atoms with van der Waals surface area (Å²) in [5, 5.41) is 8.61. The summed E-state index contributed by atoms with van der Waals surface area (Å²) in [7, 11) is -3.44. The molecule has 3 aromatic rings. The monoisotopic (exact) mass is 483 g/mol. The Morgan fingerprint density at radius 3 is 2.12 bits per heavy atom. The summed E-state index contributed by atoms with van der Waals surface area (Å²) in [5.41, 5.74) is 3.34. The number of aliphatic carboxylic acids is 1. The zero-order chi connectivity index (χ0) is 24.6. The minimum absolute atomic E-state index is 0.0149. The molecule has 0 aliphatic carbocycles. The smallest absolute Gasteiger partial charge is 0.329 e. The lowest BCUT2D eigenvalue weighted by Crippen LogP contribution is -2.36. The maximum absolute atomic E-state index is 12.5. The molecule has 1 aromatic heterocycles. The highest BCUT2D eigenvalue weighted by Gasteiger charge is 2.20. The molecule has 8 nitrogen and oxygen atoms in total. The van der Waals surface area contributed by atoms with Crippen LogP contribution in [0.2, 0.25) is 0 Å². The molecule has 9 heteroatoms. The van der Waals surface area contributed by atoms with E-state index in [2.05, 4.69) is 0 Å². The Kier molecular flexibility index (Phi) is 8.72. The fraction of sp³-hybridized carbons (Fsp3) is 0.320. The molecule has 1 heterocycles. The third-order valence-electron chi connectivity index (χ3n) is 5.18. The molecule has 3 rings (SSSR count). The molecular formula is C25H29N3O5S. The van der Waals surface area contributed by atoms with Crippen molar-refractivity contribution in [3.63, 3.8) is 0 Å². The van der Waals surface area contributed by atoms with Gasteiger partial charge in [0.15, 0.2) is 9.84 Å². The van der Waals surface area contributed by atoms with Crippen LogP contribution in [0.4, 0.5) is 5.82 Å². The van der Waals surface area contributed by atoms with Gasteiger partial charge in [-0.25, -0.2) is 18.2 Å². The first-order chi connectivity index (χ1) is 16.3. The summed E-state index contributed by atoms with van der Waals surface area (Å²) in [6.07, 6.45) is 1.68. The highest BCUT2D eigenvalue weighted by Crippen LogP contribution is 2.30. The van der Waals surface area contributed by atoms with Gasteiger partial charge in [0.05, 0.1) is 35.7 Å². The predicted octanol–water partition coefficient (Wildman–Crippen LogP) is 3.54. The van der Waals surface area contributed by atoms with Gasteiger partial charge in [0.2, 0.25) is 0 Å². The van der Waals surface area contributed by atoms with Gasteiger partial charge in [-0.15, -0.1) is 0 Å². The lowest BCUT2D eigenvalue weighted by atomic mass is 10.0. The number of hydrogen-bond donors (Lipinski definition) is 1. The van der Waals surface area contributed by atoms with E-state index in [0.717, 1.165) is 22.5 Å². The number of carboxylic acid groups (broad SMARTS) is 1. The van der Waals surface area contributed by atoms with E-state index >= 15 is 0 Å². The lowest BCUT2D eigenvalue weighted by molar-refractivity contribution is -0.142. The van der Waals surface area contributed by atoms with Gasteiger partial charge in [0, 0.05) is 23.7 Å². The fourth-order valence-corrected chi connectivity index (χ4v) is 4.50. The maximum atomic E-state index is 12.5. The van der Waals surface area contributed by atoms with E-state index in [4.69, 9.17) is 19.8 Å². The van der Waals surface area contributed by atoms with Crippen LogP contribution < -0.4 is 4.90 Å². The molecule has 0 aliphatic heterocycles. The summed E-state index contributed by atoms with van der Waals surface area (Å²) in [5.74, 6) is -0.884. The SMILES string of the molecule is CC(C)N(CCS(=O)(=O)CCOCC(=O)O)c1cnc(-c2ccccc2)c(-c2ccccc2)n1. The van der Waals surface area contributed by atoms with Crippen molar-refractivity contribution < 1.29 is 23.1 Å². The summed E-state index contributed by atoms with van der Waals surface area (Å²) in [6, 6.07) is 19.6. The van der Waals surface area contributed by atoms with Crippen LogP contribution in [-0.4, -0.2) is 66.8 Å². The van der Waals surface area contributed by atoms with Crippen molar-refractivity contribution in [3.05, 3.63) is 66.9 Å². The topological polar surface area (TPSA) is 110 Å². The number of ether oxygens (including phenoxy) is 1. The van der Waals surface area contributed by atoms with Crippen molar-refractivity contribution in [2.75, 3.05) is 36.2 Å². The average Bonchev–Trinajstić information content (AvgIpc) is 2.82. The van der Waals surface area contributed by atoms with Gasteiger partial charge >= 0.3 is 5.97 Å². The van der Waals surface area contributed by atoms with Gasteiger partial charge in [-0.1, -0.05) is 60.7 Å². The van der Waals surface area contributed by atoms with Crippen LogP contribution in [0.3, 0.4) is 0 Å². The zero-order valence-corrected chi connectivity index (χ0v) is 20.1. The van der Waals surface area contributed by atoms with Crippen molar-refractivity contribution in [2.24, 2.45) is 0 Å². The molecule has 0 amide bonds. The first-order valence-electron chi connectivity index (χ1n) is 11.0. The van der Waals surface area contributed by atoms with E-state index < -0.39 is 22.4 Å². The molecule has 0 fully saturated rings. The van der Waals surface area contributed by atoms with Gasteiger partial charge in [-0.2, -0.15) is 0 Å². The van der Waals surface area contributed by atoms with Crippen LogP contribution in [0.25, 0.3) is 22.5 Å². The van der Waals surface area contributed by atoms with E-state index in [0.29, 0.717) is 5.82 Å². The van der Waals surface area contributed by atoms with Crippen LogP contribution >= 0.6 is 0 Å². The summed E-state index contributed by atoms with van der Waals surface area (Å²) in [4.78, 5) is 22.1. The number of nitrogens with zero attached hydrogens (tertiary/aromatic N) is 3. The van der Waals surface area contributed by atoms with Crippen molar-refractivity contribution in [1.29, 1.82) is 0 Å². The molecule has 0 saturated heterocycles. The number of sulfone groups is 1. The Morgan fingerprint density at radius 2 is 1.56 bits per heavy atom. The summed E-state index contributed by atoms with van der Waals surface area (Å²) < 4.78 is 29.8. The van der Waals surface area contributed by atoms with Crippen LogP contribution in [0.5, 0.6) is 0 Å². The second-order valence-electron chi connectivity index (χ2n) is 8.04. The number of carbonyl (C=O) groups is 1. The quantitative estimate of drug-likeness (QED) is 0.390. The fourth-order valence-electron chi connectivity index (χ4n) is 3.44. The molecule has 0 radical (unpaired) electrons. The number of benzene rings is 2. The minimum atomic E-state index is -3.44. The van der Waals surface area contributed by atoms with Gasteiger partial charge in [-0.05, 0) is 13.8 Å². The predicted molar refractivity (Wildman–Crippen MR) is 132 cm³/mol. The molecule has 0 unspecified atom stereocenters. The second kappa shape index (κ2) is 11.7. The van der Waals surface area contributed by atoms with Gasteiger partial charge in [-0.3, -0.25) is 4.98 Å². The molecule has 34 heavy (non-hydrogen) atoms. The van der Waals surface area contributed by atoms with Crippen molar-refractivity contribution in [1.82, 2.24) is 9.97 Å². The third-order valence-corrected chi connectivity index (χ3v) is 6.77. The van der Waals surface area contributed by atoms with Gasteiger partial charge in [0.1, 0.15) is 12.4 Å². The number of hydrogen-bond acceptors (Lipinski definition) is 7. The largest absolute Gasteiger partial charge is 0.480 e. The lowest BCUT2D eigenvalue weighted by Gasteiger charge is -2.28. The number of carboxylic acids is 1. The molecule has 0 aliphatic rings. The Balaban J connectivity index is 1.85. The Morgan fingerprint density at radius 1 is 0.971 bits per heavy atom. The van der Waals surface area contributed by atoms with Crippen molar-refractivity contribution in [3.8, 4) is 22.5 Å². The number of aromatic nitrogens is 2. The molecule has 0 saturated carbocycles. The van der Waals surface area contributed by atoms with Crippen LogP contribution in [-0.2, 0) is 19.4 Å². The molecular weight excluding hydrogens is 454 g/mol. The van der Waals surface area contributed by atoms with Crippen LogP contribution in [0, 0.1) is 0 Å². The maximum Gasteiger partial charge on any atom is 0.329 e. The Labute approximate surface area is 200 Å². The molecule has 0 atom stereocenters. The highest BCUT2D eigenvalue weighted by molar-refractivity contribution is 7.91. The van der Waals surface area contributed by atoms with E-state index in [1.807, 2.05) is 79.4 Å². The molecule has 0 spiro atoms. The van der Waals surface area contributed by atoms with Gasteiger partial charge in [0.25, 0.3) is 0 Å². The molecule has 2 aromatic carbocycles. The van der Waals surface area contributed by atoms with Crippen LogP contribution in [0.1, 0.15) is 13.8 Å². The first kappa shape index (κ1) is 25.3. The first-order valence-corrected chi connectivity index (χ1v) is 12.8. The van der Waals surface area contributed by atoms with E-state index in [9.17, 15) is 13.2 Å². The Hall–Kier alpha value is -3.30. The van der Waals surface area contributed by atoms with E-state index in [-0.39, 0.29) is 30.7 Å². The Bertz CT molecular complexity index is 1190. The molecule has 0 bridgehead atoms. The average molecular weight is 484 g/mol. The molecule has 1 N–H and O–H groups in total. The van der Waals surface area contributed by atoms with E-state index in [1.54, 1.807) is 6.20 Å². The van der Waals surface area contributed by atoms with Crippen LogP contribution in [0.15, 0.2) is 66.9 Å². The standard InChI is InChI=1S/C25H29N3O5S/c1-19(2)28(13-15-34(31,32)16-14-33-18-23(29)30)22-17-26-24(20-9-5-3-6-10-20)25(27-22)21-11-7-4-8-12-21/h3-12,17,19H,13-16,18H2,1-2H3,(H,29,30). The number of rotatable bonds is 12. The summed E-state index contributed by atoms with van der Waals surface area (Å²) >= 11 is 0. The van der Waals surface area contributed by atoms with E-state index in [1.165, 1.54) is 0 Å². The summed E-state index contributed by atoms with van der Waals surface area (Å²) in [6.45, 7) is 3.50. The molecule has 180 valence electrons. The third kappa shape index (κ3) is 7.10. The highest BCUT2D eigenvalue weighted by atomic mass is 32.2.